The number of aromatic nitrogens is 2. The second kappa shape index (κ2) is 4.13. The van der Waals surface area contributed by atoms with Crippen LogP contribution in [0.2, 0.25) is 0 Å². The number of nitrogens with two attached hydrogens (primary N) is 2. The number of nitrogens with one attached hydrogen (secondary N) is 1. The van der Waals surface area contributed by atoms with E-state index in [1.165, 1.54) is 6.33 Å². The summed E-state index contributed by atoms with van der Waals surface area (Å²) >= 11 is 0. The molecule has 2 heterocycles. The summed E-state index contributed by atoms with van der Waals surface area (Å²) in [7, 11) is 0. The molecule has 88 valence electrons. The molecule has 0 aromatic carbocycles. The summed E-state index contributed by atoms with van der Waals surface area (Å²) in [5, 5.41) is 0. The quantitative estimate of drug-likeness (QED) is 0.597. The summed E-state index contributed by atoms with van der Waals surface area (Å²) in [5.74, 6) is 1.05. The van der Waals surface area contributed by atoms with Crippen LogP contribution >= 0.6 is 0 Å². The lowest BCUT2D eigenvalue weighted by molar-refractivity contribution is 0.378. The highest BCUT2D eigenvalue weighted by molar-refractivity contribution is 5.61. The second-order valence-corrected chi connectivity index (χ2v) is 4.34. The van der Waals surface area contributed by atoms with Gasteiger partial charge >= 0.3 is 0 Å². The maximum absolute atomic E-state index is 11.3. The molecule has 2 unspecified atom stereocenters. The molecule has 6 nitrogen and oxygen atoms in total. The SMILES string of the molecule is CC1CCN(c2nc[nH]c(=O)c2N)CC1N. The van der Waals surface area contributed by atoms with Gasteiger partial charge in [0.25, 0.3) is 5.56 Å². The third-order valence-corrected chi connectivity index (χ3v) is 3.18. The zero-order chi connectivity index (χ0) is 11.7. The van der Waals surface area contributed by atoms with Crippen LogP contribution in [-0.2, 0) is 0 Å². The summed E-state index contributed by atoms with van der Waals surface area (Å²) in [5.41, 5.74) is 11.6. The van der Waals surface area contributed by atoms with Crippen molar-refractivity contribution in [2.24, 2.45) is 11.7 Å². The van der Waals surface area contributed by atoms with Crippen molar-refractivity contribution in [3.05, 3.63) is 16.7 Å². The van der Waals surface area contributed by atoms with E-state index in [0.29, 0.717) is 18.3 Å². The van der Waals surface area contributed by atoms with Crippen LogP contribution in [-0.4, -0.2) is 29.1 Å². The van der Waals surface area contributed by atoms with Crippen LogP contribution < -0.4 is 21.9 Å². The van der Waals surface area contributed by atoms with E-state index in [1.54, 1.807) is 0 Å². The van der Waals surface area contributed by atoms with Gasteiger partial charge in [-0.25, -0.2) is 4.98 Å². The fourth-order valence-electron chi connectivity index (χ4n) is 1.94. The number of H-pyrrole nitrogens is 1. The second-order valence-electron chi connectivity index (χ2n) is 4.34. The standard InChI is InChI=1S/C10H17N5O/c1-6-2-3-15(4-7(6)11)9-8(12)10(16)14-5-13-9/h5-7H,2-4,11-12H2,1H3,(H,13,14,16). The Balaban J connectivity index is 2.25. The Hall–Kier alpha value is -1.56. The zero-order valence-corrected chi connectivity index (χ0v) is 9.31. The Morgan fingerprint density at radius 3 is 3.06 bits per heavy atom. The van der Waals surface area contributed by atoms with Crippen LogP contribution in [0.5, 0.6) is 0 Å². The summed E-state index contributed by atoms with van der Waals surface area (Å²) < 4.78 is 0. The summed E-state index contributed by atoms with van der Waals surface area (Å²) in [6.45, 7) is 3.67. The van der Waals surface area contributed by atoms with E-state index in [2.05, 4.69) is 16.9 Å². The van der Waals surface area contributed by atoms with Crippen LogP contribution in [0.1, 0.15) is 13.3 Å². The predicted molar refractivity (Wildman–Crippen MR) is 63.2 cm³/mol. The summed E-state index contributed by atoms with van der Waals surface area (Å²) in [4.78, 5) is 19.9. The smallest absolute Gasteiger partial charge is 0.276 e. The van der Waals surface area contributed by atoms with Crippen LogP contribution in [0.3, 0.4) is 0 Å². The number of hydrogen-bond acceptors (Lipinski definition) is 5. The van der Waals surface area contributed by atoms with Crippen molar-refractivity contribution in [1.29, 1.82) is 0 Å². The minimum absolute atomic E-state index is 0.106. The first kappa shape index (κ1) is 10.9. The Morgan fingerprint density at radius 1 is 1.62 bits per heavy atom. The Labute approximate surface area is 93.7 Å². The van der Waals surface area contributed by atoms with Gasteiger partial charge in [0.2, 0.25) is 0 Å². The van der Waals surface area contributed by atoms with E-state index >= 15 is 0 Å². The molecule has 1 fully saturated rings. The predicted octanol–water partition coefficient (Wildman–Crippen LogP) is -0.474. The van der Waals surface area contributed by atoms with E-state index < -0.39 is 0 Å². The molecule has 16 heavy (non-hydrogen) atoms. The van der Waals surface area contributed by atoms with E-state index in [4.69, 9.17) is 11.5 Å². The summed E-state index contributed by atoms with van der Waals surface area (Å²) in [6.07, 6.45) is 2.37. The highest BCUT2D eigenvalue weighted by atomic mass is 16.1. The molecule has 0 spiro atoms. The van der Waals surface area contributed by atoms with E-state index in [-0.39, 0.29) is 17.3 Å². The third kappa shape index (κ3) is 1.88. The van der Waals surface area contributed by atoms with Crippen molar-refractivity contribution in [3.63, 3.8) is 0 Å². The molecule has 1 aliphatic heterocycles. The minimum Gasteiger partial charge on any atom is -0.391 e. The molecule has 0 aliphatic carbocycles. The molecular weight excluding hydrogens is 206 g/mol. The topological polar surface area (TPSA) is 101 Å². The first-order chi connectivity index (χ1) is 7.59. The molecule has 1 aliphatic rings. The lowest BCUT2D eigenvalue weighted by atomic mass is 9.94. The number of hydrogen-bond donors (Lipinski definition) is 3. The number of aromatic amines is 1. The van der Waals surface area contributed by atoms with Gasteiger partial charge in [0, 0.05) is 19.1 Å². The average Bonchev–Trinajstić information content (AvgIpc) is 2.26. The average molecular weight is 223 g/mol. The molecule has 2 rings (SSSR count). The van der Waals surface area contributed by atoms with Gasteiger partial charge in [-0.05, 0) is 12.3 Å². The van der Waals surface area contributed by atoms with Gasteiger partial charge in [0.15, 0.2) is 5.82 Å². The first-order valence-electron chi connectivity index (χ1n) is 5.43. The number of anilines is 2. The van der Waals surface area contributed by atoms with Crippen LogP contribution in [0.15, 0.2) is 11.1 Å². The number of nitrogen functional groups attached to an aromatic ring is 1. The largest absolute Gasteiger partial charge is 0.391 e. The van der Waals surface area contributed by atoms with Gasteiger partial charge in [-0.3, -0.25) is 4.79 Å². The van der Waals surface area contributed by atoms with Crippen molar-refractivity contribution >= 4 is 11.5 Å². The van der Waals surface area contributed by atoms with Crippen molar-refractivity contribution in [1.82, 2.24) is 9.97 Å². The van der Waals surface area contributed by atoms with E-state index in [9.17, 15) is 4.79 Å². The van der Waals surface area contributed by atoms with E-state index in [1.807, 2.05) is 4.90 Å². The number of piperidine rings is 1. The van der Waals surface area contributed by atoms with Gasteiger partial charge in [-0.15, -0.1) is 0 Å². The van der Waals surface area contributed by atoms with Crippen LogP contribution in [0.25, 0.3) is 0 Å². The van der Waals surface area contributed by atoms with Crippen LogP contribution in [0.4, 0.5) is 11.5 Å². The number of rotatable bonds is 1. The zero-order valence-electron chi connectivity index (χ0n) is 9.31. The molecule has 5 N–H and O–H groups in total. The normalized spacial score (nSPS) is 25.8. The highest BCUT2D eigenvalue weighted by Crippen LogP contribution is 2.22. The third-order valence-electron chi connectivity index (χ3n) is 3.18. The van der Waals surface area contributed by atoms with Gasteiger partial charge in [-0.2, -0.15) is 0 Å². The highest BCUT2D eigenvalue weighted by Gasteiger charge is 2.25. The van der Waals surface area contributed by atoms with Crippen molar-refractivity contribution in [2.75, 3.05) is 23.7 Å². The van der Waals surface area contributed by atoms with Crippen LogP contribution in [0, 0.1) is 5.92 Å². The maximum Gasteiger partial charge on any atom is 0.276 e. The maximum atomic E-state index is 11.3. The Bertz CT molecular complexity index is 429. The molecule has 2 atom stereocenters. The molecule has 1 aromatic heterocycles. The molecule has 0 bridgehead atoms. The molecule has 0 radical (unpaired) electrons. The van der Waals surface area contributed by atoms with Gasteiger partial charge in [-0.1, -0.05) is 6.92 Å². The fourth-order valence-corrected chi connectivity index (χ4v) is 1.94. The monoisotopic (exact) mass is 223 g/mol. The lowest BCUT2D eigenvalue weighted by Crippen LogP contribution is -2.48. The van der Waals surface area contributed by atoms with Gasteiger partial charge < -0.3 is 21.4 Å². The van der Waals surface area contributed by atoms with Crippen molar-refractivity contribution < 1.29 is 0 Å². The van der Waals surface area contributed by atoms with Gasteiger partial charge in [0.1, 0.15) is 5.69 Å². The van der Waals surface area contributed by atoms with Gasteiger partial charge in [0.05, 0.1) is 6.33 Å². The molecule has 1 saturated heterocycles. The van der Waals surface area contributed by atoms with Crippen molar-refractivity contribution in [2.45, 2.75) is 19.4 Å². The molecule has 6 heteroatoms. The van der Waals surface area contributed by atoms with Crippen molar-refractivity contribution in [3.8, 4) is 0 Å². The Kier molecular flexibility index (Phi) is 2.82. The lowest BCUT2D eigenvalue weighted by Gasteiger charge is -2.35. The molecule has 0 amide bonds. The first-order valence-corrected chi connectivity index (χ1v) is 5.43. The molecule has 0 saturated carbocycles. The number of nitrogens with zero attached hydrogens (tertiary/aromatic N) is 2. The molecular formula is C10H17N5O. The Morgan fingerprint density at radius 2 is 2.38 bits per heavy atom. The van der Waals surface area contributed by atoms with E-state index in [0.717, 1.165) is 13.0 Å². The fraction of sp³-hybridized carbons (Fsp3) is 0.600. The summed E-state index contributed by atoms with van der Waals surface area (Å²) in [6, 6.07) is 0.106. The molecule has 1 aromatic rings. The minimum atomic E-state index is -0.294.